The van der Waals surface area contributed by atoms with Crippen LogP contribution in [0.25, 0.3) is 0 Å². The maximum absolute atomic E-state index is 10.3. The van der Waals surface area contributed by atoms with Crippen molar-refractivity contribution in [1.82, 2.24) is 0 Å². The van der Waals surface area contributed by atoms with Crippen LogP contribution in [0.5, 0.6) is 0 Å². The molecule has 20 heavy (non-hydrogen) atoms. The van der Waals surface area contributed by atoms with Gasteiger partial charge in [0, 0.05) is 6.42 Å². The number of allylic oxidation sites excluding steroid dienone is 6. The number of unbranched alkanes of at least 4 members (excludes halogenated alkanes) is 7. The molecule has 0 unspecified atom stereocenters. The quantitative estimate of drug-likeness (QED) is 0.348. The number of carboxylic acid groups (broad SMARTS) is 1. The van der Waals surface area contributed by atoms with Crippen LogP contribution in [-0.2, 0) is 4.79 Å². The molecule has 0 aromatic carbocycles. The van der Waals surface area contributed by atoms with Gasteiger partial charge in [0.25, 0.3) is 0 Å². The van der Waals surface area contributed by atoms with Crippen LogP contribution in [0.15, 0.2) is 36.5 Å². The molecule has 2 heteroatoms. The third-order valence-electron chi connectivity index (χ3n) is 3.09. The first-order chi connectivity index (χ1) is 9.77. The maximum atomic E-state index is 10.3. The second kappa shape index (κ2) is 15.7. The van der Waals surface area contributed by atoms with Gasteiger partial charge in [-0.25, -0.2) is 0 Å². The smallest absolute Gasteiger partial charge is 0.303 e. The van der Waals surface area contributed by atoms with Crippen molar-refractivity contribution in [3.63, 3.8) is 0 Å². The molecule has 0 aromatic rings. The van der Waals surface area contributed by atoms with Crippen LogP contribution < -0.4 is 0 Å². The standard InChI is InChI=1S/C18H30O2/c1-2-3-4-5-6-7-8-9-10-11-12-13-14-15-16-17-18(19)20/h6-11H,2-5,12-17H2,1H3,(H,19,20)/b7-6-,9-8+,11-10?. The molecule has 114 valence electrons. The molecule has 0 rings (SSSR count). The molecule has 1 N–H and O–H groups in total. The molecule has 0 aliphatic heterocycles. The zero-order valence-electron chi connectivity index (χ0n) is 12.9. The summed E-state index contributed by atoms with van der Waals surface area (Å²) in [6.45, 7) is 2.22. The van der Waals surface area contributed by atoms with E-state index in [1.165, 1.54) is 25.7 Å². The van der Waals surface area contributed by atoms with Crippen LogP contribution in [-0.4, -0.2) is 11.1 Å². The molecule has 2 nitrogen and oxygen atoms in total. The van der Waals surface area contributed by atoms with Gasteiger partial charge in [-0.1, -0.05) is 69.1 Å². The second-order valence-electron chi connectivity index (χ2n) is 5.08. The summed E-state index contributed by atoms with van der Waals surface area (Å²) in [6, 6.07) is 0. The molecule has 0 saturated heterocycles. The van der Waals surface area contributed by atoms with E-state index < -0.39 is 5.97 Å². The molecule has 0 saturated carbocycles. The third-order valence-corrected chi connectivity index (χ3v) is 3.09. The lowest BCUT2D eigenvalue weighted by Gasteiger charge is -1.96. The predicted molar refractivity (Wildman–Crippen MR) is 86.9 cm³/mol. The Bertz CT molecular complexity index is 301. The van der Waals surface area contributed by atoms with Gasteiger partial charge in [-0.3, -0.25) is 4.79 Å². The summed E-state index contributed by atoms with van der Waals surface area (Å²) in [5, 5.41) is 8.49. The maximum Gasteiger partial charge on any atom is 0.303 e. The van der Waals surface area contributed by atoms with Gasteiger partial charge in [0.1, 0.15) is 0 Å². The number of hydrogen-bond donors (Lipinski definition) is 1. The van der Waals surface area contributed by atoms with Crippen LogP contribution in [0.1, 0.15) is 71.1 Å². The van der Waals surface area contributed by atoms with Crippen molar-refractivity contribution >= 4 is 5.97 Å². The molecule has 0 atom stereocenters. The van der Waals surface area contributed by atoms with Crippen molar-refractivity contribution in [2.45, 2.75) is 71.1 Å². The Hall–Kier alpha value is -1.31. The van der Waals surface area contributed by atoms with Crippen molar-refractivity contribution in [1.29, 1.82) is 0 Å². The molecule has 0 spiro atoms. The molecule has 0 amide bonds. The summed E-state index contributed by atoms with van der Waals surface area (Å²) in [4.78, 5) is 10.3. The number of rotatable bonds is 13. The van der Waals surface area contributed by atoms with Crippen LogP contribution in [0, 0.1) is 0 Å². The number of aliphatic carboxylic acids is 1. The van der Waals surface area contributed by atoms with Crippen molar-refractivity contribution in [3.05, 3.63) is 36.5 Å². The van der Waals surface area contributed by atoms with Crippen molar-refractivity contribution in [3.8, 4) is 0 Å². The van der Waals surface area contributed by atoms with Gasteiger partial charge < -0.3 is 5.11 Å². The Kier molecular flexibility index (Phi) is 14.7. The SMILES string of the molecule is CCCCC/C=C\C=C\C=CCCCCCCC(=O)O. The molecule has 0 heterocycles. The average Bonchev–Trinajstić information content (AvgIpc) is 2.43. The fraction of sp³-hybridized carbons (Fsp3) is 0.611. The lowest BCUT2D eigenvalue weighted by molar-refractivity contribution is -0.137. The zero-order valence-corrected chi connectivity index (χ0v) is 12.9. The third kappa shape index (κ3) is 16.7. The Morgan fingerprint density at radius 2 is 1.35 bits per heavy atom. The van der Waals surface area contributed by atoms with Crippen LogP contribution >= 0.6 is 0 Å². The molecule has 0 bridgehead atoms. The van der Waals surface area contributed by atoms with Crippen molar-refractivity contribution in [2.75, 3.05) is 0 Å². The van der Waals surface area contributed by atoms with Crippen LogP contribution in [0.4, 0.5) is 0 Å². The summed E-state index contributed by atoms with van der Waals surface area (Å²) in [7, 11) is 0. The van der Waals surface area contributed by atoms with Gasteiger partial charge in [0.05, 0.1) is 0 Å². The first-order valence-electron chi connectivity index (χ1n) is 7.97. The van der Waals surface area contributed by atoms with E-state index in [9.17, 15) is 4.79 Å². The molecule has 0 aliphatic rings. The highest BCUT2D eigenvalue weighted by Crippen LogP contribution is 2.06. The summed E-state index contributed by atoms with van der Waals surface area (Å²) >= 11 is 0. The lowest BCUT2D eigenvalue weighted by atomic mass is 10.1. The Labute approximate surface area is 124 Å². The highest BCUT2D eigenvalue weighted by atomic mass is 16.4. The lowest BCUT2D eigenvalue weighted by Crippen LogP contribution is -1.93. The van der Waals surface area contributed by atoms with Crippen LogP contribution in [0.2, 0.25) is 0 Å². The average molecular weight is 278 g/mol. The monoisotopic (exact) mass is 278 g/mol. The number of carbonyl (C=O) groups is 1. The van der Waals surface area contributed by atoms with Crippen LogP contribution in [0.3, 0.4) is 0 Å². The summed E-state index contributed by atoms with van der Waals surface area (Å²) in [6.07, 6.45) is 23.3. The van der Waals surface area contributed by atoms with Gasteiger partial charge >= 0.3 is 5.97 Å². The Morgan fingerprint density at radius 3 is 1.90 bits per heavy atom. The zero-order chi connectivity index (χ0) is 14.9. The molecular formula is C18H30O2. The van der Waals surface area contributed by atoms with E-state index >= 15 is 0 Å². The second-order valence-corrected chi connectivity index (χ2v) is 5.08. The van der Waals surface area contributed by atoms with E-state index in [1.54, 1.807) is 0 Å². The molecule has 0 radical (unpaired) electrons. The normalized spacial score (nSPS) is 12.1. The summed E-state index contributed by atoms with van der Waals surface area (Å²) in [5.74, 6) is -0.683. The minimum absolute atomic E-state index is 0.309. The van der Waals surface area contributed by atoms with E-state index in [4.69, 9.17) is 5.11 Å². The van der Waals surface area contributed by atoms with Gasteiger partial charge in [0.2, 0.25) is 0 Å². The molecular weight excluding hydrogens is 248 g/mol. The summed E-state index contributed by atoms with van der Waals surface area (Å²) in [5.41, 5.74) is 0. The van der Waals surface area contributed by atoms with Crippen molar-refractivity contribution < 1.29 is 9.90 Å². The van der Waals surface area contributed by atoms with E-state index in [2.05, 4.69) is 43.4 Å². The van der Waals surface area contributed by atoms with Gasteiger partial charge in [-0.2, -0.15) is 0 Å². The molecule has 0 aromatic heterocycles. The van der Waals surface area contributed by atoms with Gasteiger partial charge in [-0.15, -0.1) is 0 Å². The molecule has 0 aliphatic carbocycles. The Morgan fingerprint density at radius 1 is 0.800 bits per heavy atom. The Balaban J connectivity index is 3.32. The summed E-state index contributed by atoms with van der Waals surface area (Å²) < 4.78 is 0. The highest BCUT2D eigenvalue weighted by molar-refractivity contribution is 5.66. The largest absolute Gasteiger partial charge is 0.481 e. The minimum Gasteiger partial charge on any atom is -0.481 e. The highest BCUT2D eigenvalue weighted by Gasteiger charge is 1.95. The fourth-order valence-corrected chi connectivity index (χ4v) is 1.88. The van der Waals surface area contributed by atoms with Gasteiger partial charge in [-0.05, 0) is 32.1 Å². The topological polar surface area (TPSA) is 37.3 Å². The predicted octanol–water partition coefficient (Wildman–Crippen LogP) is 5.66. The van der Waals surface area contributed by atoms with Gasteiger partial charge in [0.15, 0.2) is 0 Å². The van der Waals surface area contributed by atoms with E-state index in [-0.39, 0.29) is 0 Å². The van der Waals surface area contributed by atoms with Crippen molar-refractivity contribution in [2.24, 2.45) is 0 Å². The number of hydrogen-bond acceptors (Lipinski definition) is 1. The first kappa shape index (κ1) is 18.7. The first-order valence-corrected chi connectivity index (χ1v) is 7.97. The fourth-order valence-electron chi connectivity index (χ4n) is 1.88. The molecule has 0 fully saturated rings. The van der Waals surface area contributed by atoms with E-state index in [0.717, 1.165) is 32.1 Å². The van der Waals surface area contributed by atoms with E-state index in [0.29, 0.717) is 6.42 Å². The minimum atomic E-state index is -0.683. The van der Waals surface area contributed by atoms with E-state index in [1.807, 2.05) is 0 Å². The number of carboxylic acids is 1.